The zero-order valence-electron chi connectivity index (χ0n) is 12.0. The third-order valence-electron chi connectivity index (χ3n) is 4.82. The molecule has 3 unspecified atom stereocenters. The van der Waals surface area contributed by atoms with Gasteiger partial charge in [0.1, 0.15) is 5.82 Å². The van der Waals surface area contributed by atoms with Crippen LogP contribution in [0.2, 0.25) is 0 Å². The number of aliphatic carboxylic acids is 1. The Kier molecular flexibility index (Phi) is 3.72. The first-order valence-electron chi connectivity index (χ1n) is 7.71. The lowest BCUT2D eigenvalue weighted by molar-refractivity contribution is -0.142. The molecule has 2 aliphatic rings. The highest BCUT2D eigenvalue weighted by Gasteiger charge is 2.27. The highest BCUT2D eigenvalue weighted by Crippen LogP contribution is 2.35. The van der Waals surface area contributed by atoms with Crippen molar-refractivity contribution in [3.63, 3.8) is 0 Å². The monoisotopic (exact) mass is 274 g/mol. The molecule has 1 heterocycles. The molecule has 0 saturated heterocycles. The Morgan fingerprint density at radius 3 is 2.95 bits per heavy atom. The predicted molar refractivity (Wildman–Crippen MR) is 75.6 cm³/mol. The normalized spacial score (nSPS) is 29.8. The minimum atomic E-state index is -0.694. The fourth-order valence-corrected chi connectivity index (χ4v) is 3.60. The van der Waals surface area contributed by atoms with Crippen LogP contribution in [0.15, 0.2) is 6.20 Å². The Balaban J connectivity index is 1.78. The molecule has 1 aromatic heterocycles. The number of carboxylic acids is 1. The number of carbonyl (C=O) groups is 1. The first kappa shape index (κ1) is 13.5. The van der Waals surface area contributed by atoms with E-state index in [0.717, 1.165) is 29.4 Å². The van der Waals surface area contributed by atoms with E-state index in [-0.39, 0.29) is 5.92 Å². The SMILES string of the molecule is CC1CCCC(c2ncc3c(n2)CCC(C(=O)O)C3)C1. The average molecular weight is 274 g/mol. The van der Waals surface area contributed by atoms with Crippen molar-refractivity contribution in [2.24, 2.45) is 11.8 Å². The molecule has 1 fully saturated rings. The van der Waals surface area contributed by atoms with Gasteiger partial charge in [-0.3, -0.25) is 4.79 Å². The van der Waals surface area contributed by atoms with Gasteiger partial charge in [-0.05, 0) is 43.6 Å². The Labute approximate surface area is 119 Å². The molecular weight excluding hydrogens is 252 g/mol. The maximum absolute atomic E-state index is 11.1. The molecule has 3 atom stereocenters. The zero-order chi connectivity index (χ0) is 14.1. The Bertz CT molecular complexity index is 515. The van der Waals surface area contributed by atoms with Crippen molar-refractivity contribution in [1.29, 1.82) is 0 Å². The van der Waals surface area contributed by atoms with Crippen LogP contribution in [0, 0.1) is 11.8 Å². The van der Waals surface area contributed by atoms with Crippen molar-refractivity contribution in [2.75, 3.05) is 0 Å². The molecule has 1 aromatic rings. The summed E-state index contributed by atoms with van der Waals surface area (Å²) in [7, 11) is 0. The zero-order valence-corrected chi connectivity index (χ0v) is 12.0. The summed E-state index contributed by atoms with van der Waals surface area (Å²) in [6.45, 7) is 2.31. The molecule has 2 aliphatic carbocycles. The summed E-state index contributed by atoms with van der Waals surface area (Å²) in [5, 5.41) is 9.11. The number of nitrogens with zero attached hydrogens (tertiary/aromatic N) is 2. The minimum absolute atomic E-state index is 0.258. The lowest BCUT2D eigenvalue weighted by Crippen LogP contribution is -2.24. The number of aryl methyl sites for hydroxylation is 1. The number of fused-ring (bicyclic) bond motifs is 1. The van der Waals surface area contributed by atoms with Crippen LogP contribution in [0.5, 0.6) is 0 Å². The Morgan fingerprint density at radius 1 is 1.35 bits per heavy atom. The second-order valence-electron chi connectivity index (χ2n) is 6.45. The second kappa shape index (κ2) is 5.51. The Hall–Kier alpha value is -1.45. The summed E-state index contributed by atoms with van der Waals surface area (Å²) in [6.07, 6.45) is 8.94. The average Bonchev–Trinajstić information content (AvgIpc) is 2.46. The number of hydrogen-bond acceptors (Lipinski definition) is 3. The van der Waals surface area contributed by atoms with Crippen molar-refractivity contribution < 1.29 is 9.90 Å². The summed E-state index contributed by atoms with van der Waals surface area (Å²) in [5.74, 6) is 1.31. The molecule has 108 valence electrons. The van der Waals surface area contributed by atoms with Gasteiger partial charge < -0.3 is 5.11 Å². The van der Waals surface area contributed by atoms with E-state index < -0.39 is 5.97 Å². The van der Waals surface area contributed by atoms with Crippen LogP contribution in [0.4, 0.5) is 0 Å². The molecule has 0 spiro atoms. The molecule has 0 amide bonds. The lowest BCUT2D eigenvalue weighted by Gasteiger charge is -2.27. The van der Waals surface area contributed by atoms with Crippen LogP contribution in [0.1, 0.15) is 62.0 Å². The fraction of sp³-hybridized carbons (Fsp3) is 0.688. The Morgan fingerprint density at radius 2 is 2.20 bits per heavy atom. The van der Waals surface area contributed by atoms with E-state index in [4.69, 9.17) is 10.1 Å². The molecule has 4 nitrogen and oxygen atoms in total. The van der Waals surface area contributed by atoms with Gasteiger partial charge in [0.2, 0.25) is 0 Å². The third-order valence-corrected chi connectivity index (χ3v) is 4.82. The minimum Gasteiger partial charge on any atom is -0.481 e. The van der Waals surface area contributed by atoms with E-state index >= 15 is 0 Å². The van der Waals surface area contributed by atoms with Gasteiger partial charge in [0.05, 0.1) is 5.92 Å². The predicted octanol–water partition coefficient (Wildman–Crippen LogP) is 2.96. The van der Waals surface area contributed by atoms with E-state index in [1.807, 2.05) is 6.20 Å². The summed E-state index contributed by atoms with van der Waals surface area (Å²) >= 11 is 0. The van der Waals surface area contributed by atoms with Gasteiger partial charge in [0, 0.05) is 17.8 Å². The van der Waals surface area contributed by atoms with Gasteiger partial charge in [-0.2, -0.15) is 0 Å². The molecule has 0 bridgehead atoms. The van der Waals surface area contributed by atoms with Crippen molar-refractivity contribution in [2.45, 2.75) is 57.8 Å². The summed E-state index contributed by atoms with van der Waals surface area (Å²) in [5.41, 5.74) is 2.13. The third kappa shape index (κ3) is 2.69. The first-order valence-corrected chi connectivity index (χ1v) is 7.71. The van der Waals surface area contributed by atoms with Gasteiger partial charge in [0.25, 0.3) is 0 Å². The molecule has 3 rings (SSSR count). The number of rotatable bonds is 2. The van der Waals surface area contributed by atoms with Crippen LogP contribution >= 0.6 is 0 Å². The van der Waals surface area contributed by atoms with Crippen molar-refractivity contribution in [3.8, 4) is 0 Å². The maximum Gasteiger partial charge on any atom is 0.306 e. The van der Waals surface area contributed by atoms with E-state index in [9.17, 15) is 4.79 Å². The van der Waals surface area contributed by atoms with Crippen LogP contribution < -0.4 is 0 Å². The second-order valence-corrected chi connectivity index (χ2v) is 6.45. The highest BCUT2D eigenvalue weighted by atomic mass is 16.4. The van der Waals surface area contributed by atoms with Crippen LogP contribution in [0.25, 0.3) is 0 Å². The van der Waals surface area contributed by atoms with E-state index in [1.165, 1.54) is 25.7 Å². The van der Waals surface area contributed by atoms with E-state index in [0.29, 0.717) is 18.8 Å². The molecule has 20 heavy (non-hydrogen) atoms. The number of aromatic nitrogens is 2. The van der Waals surface area contributed by atoms with Crippen molar-refractivity contribution >= 4 is 5.97 Å². The van der Waals surface area contributed by atoms with E-state index in [1.54, 1.807) is 0 Å². The van der Waals surface area contributed by atoms with Gasteiger partial charge in [0.15, 0.2) is 0 Å². The molecule has 0 radical (unpaired) electrons. The highest BCUT2D eigenvalue weighted by molar-refractivity contribution is 5.70. The standard InChI is InChI=1S/C16H22N2O2/c1-10-3-2-4-11(7-10)15-17-9-13-8-12(16(19)20)5-6-14(13)18-15/h9-12H,2-8H2,1H3,(H,19,20). The number of hydrogen-bond donors (Lipinski definition) is 1. The van der Waals surface area contributed by atoms with Gasteiger partial charge in [-0.25, -0.2) is 9.97 Å². The molecule has 1 saturated carbocycles. The topological polar surface area (TPSA) is 63.1 Å². The van der Waals surface area contributed by atoms with Crippen molar-refractivity contribution in [3.05, 3.63) is 23.3 Å². The molecule has 0 aromatic carbocycles. The molecule has 1 N–H and O–H groups in total. The van der Waals surface area contributed by atoms with Crippen LogP contribution in [-0.4, -0.2) is 21.0 Å². The molecular formula is C16H22N2O2. The quantitative estimate of drug-likeness (QED) is 0.900. The largest absolute Gasteiger partial charge is 0.481 e. The smallest absolute Gasteiger partial charge is 0.306 e. The van der Waals surface area contributed by atoms with E-state index in [2.05, 4.69) is 11.9 Å². The molecule has 0 aliphatic heterocycles. The first-order chi connectivity index (χ1) is 9.63. The van der Waals surface area contributed by atoms with Gasteiger partial charge in [-0.15, -0.1) is 0 Å². The summed E-state index contributed by atoms with van der Waals surface area (Å²) in [6, 6.07) is 0. The van der Waals surface area contributed by atoms with Crippen LogP contribution in [0.3, 0.4) is 0 Å². The van der Waals surface area contributed by atoms with Gasteiger partial charge >= 0.3 is 5.97 Å². The molecule has 4 heteroatoms. The van der Waals surface area contributed by atoms with Gasteiger partial charge in [-0.1, -0.05) is 19.8 Å². The van der Waals surface area contributed by atoms with Crippen LogP contribution in [-0.2, 0) is 17.6 Å². The number of carboxylic acid groups (broad SMARTS) is 1. The maximum atomic E-state index is 11.1. The summed E-state index contributed by atoms with van der Waals surface area (Å²) in [4.78, 5) is 20.4. The fourth-order valence-electron chi connectivity index (χ4n) is 3.60. The van der Waals surface area contributed by atoms with Crippen molar-refractivity contribution in [1.82, 2.24) is 9.97 Å². The summed E-state index contributed by atoms with van der Waals surface area (Å²) < 4.78 is 0. The lowest BCUT2D eigenvalue weighted by atomic mass is 9.81.